The van der Waals surface area contributed by atoms with Gasteiger partial charge in [-0.3, -0.25) is 0 Å². The molecule has 2 heterocycles. The molecule has 2 amide bonds. The fourth-order valence-electron chi connectivity index (χ4n) is 3.37. The van der Waals surface area contributed by atoms with Crippen molar-refractivity contribution in [3.05, 3.63) is 36.0 Å². The standard InChI is InChI=1S/C22H31N5O2S/c1-15(2)30-22(3,4)18-14-19(27-10-12-29-13-11-27)26-20(25-18)16-6-8-17(9-7-16)24-21(28)23-5/h6-9,14-15H,10-13H2,1-5H3,(H2,23,24,28). The summed E-state index contributed by atoms with van der Waals surface area (Å²) >= 11 is 1.89. The summed E-state index contributed by atoms with van der Waals surface area (Å²) in [6, 6.07) is 9.48. The molecule has 0 radical (unpaired) electrons. The Morgan fingerprint density at radius 1 is 1.17 bits per heavy atom. The molecule has 0 atom stereocenters. The number of anilines is 2. The minimum Gasteiger partial charge on any atom is -0.378 e. The highest BCUT2D eigenvalue weighted by Crippen LogP contribution is 2.39. The number of thioether (sulfide) groups is 1. The van der Waals surface area contributed by atoms with Crippen LogP contribution in [0.4, 0.5) is 16.3 Å². The van der Waals surface area contributed by atoms with E-state index in [2.05, 4.69) is 49.3 Å². The molecule has 2 aromatic rings. The van der Waals surface area contributed by atoms with Gasteiger partial charge >= 0.3 is 6.03 Å². The van der Waals surface area contributed by atoms with Crippen molar-refractivity contribution in [1.29, 1.82) is 0 Å². The molecule has 1 aliphatic heterocycles. The van der Waals surface area contributed by atoms with Gasteiger partial charge in [-0.2, -0.15) is 0 Å². The van der Waals surface area contributed by atoms with Crippen molar-refractivity contribution in [2.45, 2.75) is 37.7 Å². The van der Waals surface area contributed by atoms with Gasteiger partial charge < -0.3 is 20.3 Å². The Morgan fingerprint density at radius 2 is 1.83 bits per heavy atom. The van der Waals surface area contributed by atoms with Crippen LogP contribution in [-0.2, 0) is 9.48 Å². The first kappa shape index (κ1) is 22.4. The Labute approximate surface area is 183 Å². The highest BCUT2D eigenvalue weighted by Gasteiger charge is 2.27. The normalized spacial score (nSPS) is 14.7. The summed E-state index contributed by atoms with van der Waals surface area (Å²) in [6.07, 6.45) is 0. The maximum absolute atomic E-state index is 11.5. The number of rotatable bonds is 6. The van der Waals surface area contributed by atoms with Gasteiger partial charge in [-0.15, -0.1) is 11.8 Å². The molecule has 1 aliphatic rings. The minimum atomic E-state index is -0.247. The van der Waals surface area contributed by atoms with Gasteiger partial charge in [-0.1, -0.05) is 13.8 Å². The van der Waals surface area contributed by atoms with Gasteiger partial charge in [0.15, 0.2) is 5.82 Å². The van der Waals surface area contributed by atoms with E-state index in [9.17, 15) is 4.79 Å². The molecule has 2 N–H and O–H groups in total. The van der Waals surface area contributed by atoms with E-state index in [-0.39, 0.29) is 10.8 Å². The predicted molar refractivity (Wildman–Crippen MR) is 124 cm³/mol. The van der Waals surface area contributed by atoms with Crippen molar-refractivity contribution in [2.24, 2.45) is 0 Å². The predicted octanol–water partition coefficient (Wildman–Crippen LogP) is 4.11. The topological polar surface area (TPSA) is 79.4 Å². The Morgan fingerprint density at radius 3 is 2.43 bits per heavy atom. The summed E-state index contributed by atoms with van der Waals surface area (Å²) in [6.45, 7) is 11.9. The number of carbonyl (C=O) groups is 1. The van der Waals surface area contributed by atoms with Crippen LogP contribution in [0.5, 0.6) is 0 Å². The van der Waals surface area contributed by atoms with Gasteiger partial charge in [0.2, 0.25) is 0 Å². The van der Waals surface area contributed by atoms with Gasteiger partial charge in [0, 0.05) is 37.5 Å². The number of urea groups is 1. The summed E-state index contributed by atoms with van der Waals surface area (Å²) < 4.78 is 5.37. The monoisotopic (exact) mass is 429 g/mol. The summed E-state index contributed by atoms with van der Waals surface area (Å²) in [7, 11) is 1.59. The molecule has 0 spiro atoms. The van der Waals surface area contributed by atoms with Crippen LogP contribution in [0.25, 0.3) is 11.4 Å². The first-order valence-corrected chi connectivity index (χ1v) is 11.2. The van der Waals surface area contributed by atoms with Crippen LogP contribution < -0.4 is 15.5 Å². The lowest BCUT2D eigenvalue weighted by Gasteiger charge is -2.31. The highest BCUT2D eigenvalue weighted by atomic mass is 32.2. The first-order valence-electron chi connectivity index (χ1n) is 10.3. The Balaban J connectivity index is 1.98. The molecular weight excluding hydrogens is 398 g/mol. The molecule has 0 aliphatic carbocycles. The van der Waals surface area contributed by atoms with Crippen LogP contribution in [0.3, 0.4) is 0 Å². The van der Waals surface area contributed by atoms with E-state index in [1.54, 1.807) is 7.05 Å². The number of benzene rings is 1. The van der Waals surface area contributed by atoms with Crippen LogP contribution in [-0.4, -0.2) is 54.6 Å². The molecule has 8 heteroatoms. The van der Waals surface area contributed by atoms with Crippen molar-refractivity contribution in [3.63, 3.8) is 0 Å². The maximum atomic E-state index is 11.5. The maximum Gasteiger partial charge on any atom is 0.318 e. The number of hydrogen-bond acceptors (Lipinski definition) is 6. The zero-order chi connectivity index (χ0) is 21.7. The molecule has 0 saturated carbocycles. The van der Waals surface area contributed by atoms with Crippen molar-refractivity contribution in [1.82, 2.24) is 15.3 Å². The average Bonchev–Trinajstić information content (AvgIpc) is 2.73. The number of nitrogens with one attached hydrogen (secondary N) is 2. The van der Waals surface area contributed by atoms with E-state index in [0.717, 1.165) is 35.9 Å². The van der Waals surface area contributed by atoms with Gasteiger partial charge in [0.05, 0.1) is 23.7 Å². The lowest BCUT2D eigenvalue weighted by molar-refractivity contribution is 0.122. The van der Waals surface area contributed by atoms with Crippen molar-refractivity contribution in [2.75, 3.05) is 43.6 Å². The molecule has 1 aromatic carbocycles. The third kappa shape index (κ3) is 5.64. The lowest BCUT2D eigenvalue weighted by Crippen LogP contribution is -2.37. The zero-order valence-corrected chi connectivity index (χ0v) is 19.2. The average molecular weight is 430 g/mol. The molecular formula is C22H31N5O2S. The number of nitrogens with zero attached hydrogens (tertiary/aromatic N) is 3. The molecule has 1 saturated heterocycles. The van der Waals surface area contributed by atoms with E-state index in [1.165, 1.54) is 0 Å². The lowest BCUT2D eigenvalue weighted by atomic mass is 10.1. The number of morpholine rings is 1. The van der Waals surface area contributed by atoms with Gasteiger partial charge in [0.1, 0.15) is 5.82 Å². The SMILES string of the molecule is CNC(=O)Nc1ccc(-c2nc(N3CCOCC3)cc(C(C)(C)SC(C)C)n2)cc1. The van der Waals surface area contributed by atoms with Crippen LogP contribution in [0.1, 0.15) is 33.4 Å². The zero-order valence-electron chi connectivity index (χ0n) is 18.4. The van der Waals surface area contributed by atoms with Crippen molar-refractivity contribution >= 4 is 29.3 Å². The molecule has 1 fully saturated rings. The molecule has 1 aromatic heterocycles. The number of amides is 2. The molecule has 7 nitrogen and oxygen atoms in total. The second-order valence-electron chi connectivity index (χ2n) is 7.99. The second kappa shape index (κ2) is 9.66. The Hall–Kier alpha value is -2.32. The van der Waals surface area contributed by atoms with Gasteiger partial charge in [0.25, 0.3) is 0 Å². The second-order valence-corrected chi connectivity index (χ2v) is 10.2. The van der Waals surface area contributed by atoms with Crippen LogP contribution in [0.15, 0.2) is 30.3 Å². The van der Waals surface area contributed by atoms with Crippen LogP contribution >= 0.6 is 11.8 Å². The molecule has 0 bridgehead atoms. The quantitative estimate of drug-likeness (QED) is 0.719. The fraction of sp³-hybridized carbons (Fsp3) is 0.500. The molecule has 3 rings (SSSR count). The summed E-state index contributed by atoms with van der Waals surface area (Å²) in [5.41, 5.74) is 2.65. The third-order valence-corrected chi connectivity index (χ3v) is 6.09. The fourth-order valence-corrected chi connectivity index (χ4v) is 4.78. The summed E-state index contributed by atoms with van der Waals surface area (Å²) in [4.78, 5) is 23.6. The van der Waals surface area contributed by atoms with E-state index < -0.39 is 0 Å². The molecule has 162 valence electrons. The summed E-state index contributed by atoms with van der Waals surface area (Å²) in [5, 5.41) is 5.81. The summed E-state index contributed by atoms with van der Waals surface area (Å²) in [5.74, 6) is 1.63. The van der Waals surface area contributed by atoms with Gasteiger partial charge in [-0.25, -0.2) is 14.8 Å². The smallest absolute Gasteiger partial charge is 0.318 e. The van der Waals surface area contributed by atoms with Gasteiger partial charge in [-0.05, 0) is 43.4 Å². The molecule has 30 heavy (non-hydrogen) atoms. The number of hydrogen-bond donors (Lipinski definition) is 2. The minimum absolute atomic E-state index is 0.145. The number of ether oxygens (including phenoxy) is 1. The van der Waals surface area contributed by atoms with E-state index >= 15 is 0 Å². The first-order chi connectivity index (χ1) is 14.3. The third-order valence-electron chi connectivity index (χ3n) is 4.82. The molecule has 0 unspecified atom stereocenters. The number of carbonyl (C=O) groups excluding carboxylic acids is 1. The van der Waals surface area contributed by atoms with E-state index in [0.29, 0.717) is 24.3 Å². The Bertz CT molecular complexity index is 864. The largest absolute Gasteiger partial charge is 0.378 e. The highest BCUT2D eigenvalue weighted by molar-refractivity contribution is 8.00. The van der Waals surface area contributed by atoms with E-state index in [4.69, 9.17) is 14.7 Å². The van der Waals surface area contributed by atoms with Crippen molar-refractivity contribution < 1.29 is 9.53 Å². The Kier molecular flexibility index (Phi) is 7.20. The van der Waals surface area contributed by atoms with E-state index in [1.807, 2.05) is 36.0 Å². The van der Waals surface area contributed by atoms with Crippen LogP contribution in [0, 0.1) is 0 Å². The van der Waals surface area contributed by atoms with Crippen molar-refractivity contribution in [3.8, 4) is 11.4 Å². The number of aromatic nitrogens is 2. The van der Waals surface area contributed by atoms with Crippen LogP contribution in [0.2, 0.25) is 0 Å².